The number of anilines is 2. The fourth-order valence-corrected chi connectivity index (χ4v) is 3.94. The van der Waals surface area contributed by atoms with E-state index in [0.717, 1.165) is 23.4 Å². The van der Waals surface area contributed by atoms with Gasteiger partial charge in [-0.3, -0.25) is 4.79 Å². The molecule has 0 aromatic heterocycles. The van der Waals surface area contributed by atoms with E-state index < -0.39 is 5.91 Å². The van der Waals surface area contributed by atoms with Crippen molar-refractivity contribution in [3.05, 3.63) is 90.2 Å². The fraction of sp³-hybridized carbons (Fsp3) is 0.310. The molecule has 0 radical (unpaired) electrons. The van der Waals surface area contributed by atoms with Gasteiger partial charge < -0.3 is 10.2 Å². The van der Waals surface area contributed by atoms with Crippen molar-refractivity contribution in [2.45, 2.75) is 51.9 Å². The third kappa shape index (κ3) is 7.22. The summed E-state index contributed by atoms with van der Waals surface area (Å²) in [6, 6.07) is 19.5. The lowest BCUT2D eigenvalue weighted by molar-refractivity contribution is -0.112. The van der Waals surface area contributed by atoms with Gasteiger partial charge in [-0.25, -0.2) is 0 Å². The molecule has 0 aliphatic carbocycles. The Balaban J connectivity index is 1.65. The molecule has 33 heavy (non-hydrogen) atoms. The van der Waals surface area contributed by atoms with Crippen LogP contribution in [0.3, 0.4) is 0 Å². The van der Waals surface area contributed by atoms with Crippen molar-refractivity contribution in [2.75, 3.05) is 16.8 Å². The second kappa shape index (κ2) is 13.1. The van der Waals surface area contributed by atoms with Crippen LogP contribution in [0.15, 0.2) is 84.6 Å². The number of nitrogens with one attached hydrogen (secondary N) is 1. The van der Waals surface area contributed by atoms with Crippen molar-refractivity contribution in [1.29, 1.82) is 5.26 Å². The summed E-state index contributed by atoms with van der Waals surface area (Å²) >= 11 is 0. The number of carbonyl (C=O) groups excluding carboxylic acids is 1. The van der Waals surface area contributed by atoms with Crippen LogP contribution in [-0.4, -0.2) is 12.5 Å². The highest BCUT2D eigenvalue weighted by Crippen LogP contribution is 2.33. The lowest BCUT2D eigenvalue weighted by Gasteiger charge is -2.27. The lowest BCUT2D eigenvalue weighted by Crippen LogP contribution is -2.21. The van der Waals surface area contributed by atoms with Crippen molar-refractivity contribution in [3.63, 3.8) is 0 Å². The Morgan fingerprint density at radius 2 is 1.67 bits per heavy atom. The van der Waals surface area contributed by atoms with Gasteiger partial charge in [0.2, 0.25) is 0 Å². The summed E-state index contributed by atoms with van der Waals surface area (Å²) in [5.41, 5.74) is 4.00. The van der Waals surface area contributed by atoms with E-state index in [4.69, 9.17) is 0 Å². The monoisotopic (exact) mass is 439 g/mol. The minimum atomic E-state index is -0.408. The summed E-state index contributed by atoms with van der Waals surface area (Å²) in [5, 5.41) is 12.3. The first-order valence-corrected chi connectivity index (χ1v) is 12.0. The fourth-order valence-electron chi connectivity index (χ4n) is 3.94. The molecule has 4 heteroatoms. The zero-order valence-corrected chi connectivity index (χ0v) is 19.5. The summed E-state index contributed by atoms with van der Waals surface area (Å²) in [6.45, 7) is 3.24. The van der Waals surface area contributed by atoms with Crippen molar-refractivity contribution in [3.8, 4) is 6.07 Å². The Kier molecular flexibility index (Phi) is 9.54. The quantitative estimate of drug-likeness (QED) is 0.228. The van der Waals surface area contributed by atoms with Gasteiger partial charge >= 0.3 is 0 Å². The number of carbonyl (C=O) groups is 1. The average molecular weight is 440 g/mol. The zero-order chi connectivity index (χ0) is 23.3. The lowest BCUT2D eigenvalue weighted by atomic mass is 9.98. The molecule has 1 aliphatic heterocycles. The molecule has 0 bridgehead atoms. The Morgan fingerprint density at radius 3 is 2.42 bits per heavy atom. The second-order valence-corrected chi connectivity index (χ2v) is 8.28. The number of fused-ring (bicyclic) bond motifs is 1. The van der Waals surface area contributed by atoms with Gasteiger partial charge in [0.25, 0.3) is 5.91 Å². The molecule has 1 N–H and O–H groups in total. The van der Waals surface area contributed by atoms with Gasteiger partial charge in [0, 0.05) is 29.7 Å². The van der Waals surface area contributed by atoms with Crippen molar-refractivity contribution < 1.29 is 4.79 Å². The van der Waals surface area contributed by atoms with Crippen LogP contribution in [0, 0.1) is 11.3 Å². The molecule has 0 unspecified atom stereocenters. The molecular formula is C29H33N3O. The molecule has 0 saturated carbocycles. The van der Waals surface area contributed by atoms with Gasteiger partial charge in [-0.2, -0.15) is 5.26 Å². The standard InChI is InChI=1S/C29H33N3O/c1-2-3-4-5-6-7-13-21-32-22-20-24(27-16-11-12-17-28(27)32)18-19-25(23-30)29(33)31-26-14-9-8-10-15-26/h8-12,14-20,22H,2-7,13,21H2,1H3,(H,31,33)/b24-18-,25-19-. The van der Waals surface area contributed by atoms with Crippen molar-refractivity contribution in [1.82, 2.24) is 0 Å². The molecule has 1 amide bonds. The molecule has 2 aromatic rings. The van der Waals surface area contributed by atoms with E-state index in [1.807, 2.05) is 36.4 Å². The predicted molar refractivity (Wildman–Crippen MR) is 138 cm³/mol. The van der Waals surface area contributed by atoms with E-state index in [0.29, 0.717) is 5.69 Å². The molecule has 1 aliphatic rings. The second-order valence-electron chi connectivity index (χ2n) is 8.28. The maximum absolute atomic E-state index is 12.5. The molecule has 0 saturated heterocycles. The molecule has 0 fully saturated rings. The third-order valence-corrected chi connectivity index (χ3v) is 5.79. The summed E-state index contributed by atoms with van der Waals surface area (Å²) in [5.74, 6) is -0.408. The van der Waals surface area contributed by atoms with Gasteiger partial charge in [-0.1, -0.05) is 87.9 Å². The molecule has 0 spiro atoms. The van der Waals surface area contributed by atoms with Crippen LogP contribution in [-0.2, 0) is 4.79 Å². The summed E-state index contributed by atoms with van der Waals surface area (Å²) in [4.78, 5) is 14.8. The largest absolute Gasteiger partial charge is 0.347 e. The number of nitrogens with zero attached hydrogens (tertiary/aromatic N) is 2. The molecular weight excluding hydrogens is 406 g/mol. The van der Waals surface area contributed by atoms with Gasteiger partial charge in [0.15, 0.2) is 0 Å². The summed E-state index contributed by atoms with van der Waals surface area (Å²) in [6.07, 6.45) is 16.6. The Bertz CT molecular complexity index is 1040. The first-order valence-electron chi connectivity index (χ1n) is 12.0. The highest BCUT2D eigenvalue weighted by molar-refractivity contribution is 6.07. The van der Waals surface area contributed by atoms with Crippen LogP contribution in [0.4, 0.5) is 11.4 Å². The van der Waals surface area contributed by atoms with E-state index in [-0.39, 0.29) is 5.57 Å². The van der Waals surface area contributed by atoms with Gasteiger partial charge in [0.1, 0.15) is 11.6 Å². The van der Waals surface area contributed by atoms with E-state index in [2.05, 4.69) is 47.6 Å². The van der Waals surface area contributed by atoms with Crippen LogP contribution in [0.2, 0.25) is 0 Å². The highest BCUT2D eigenvalue weighted by Gasteiger charge is 2.15. The van der Waals surface area contributed by atoms with Crippen LogP contribution >= 0.6 is 0 Å². The normalized spacial score (nSPS) is 14.1. The zero-order valence-electron chi connectivity index (χ0n) is 19.5. The van der Waals surface area contributed by atoms with E-state index in [9.17, 15) is 10.1 Å². The number of amides is 1. The Hall–Kier alpha value is -3.58. The van der Waals surface area contributed by atoms with E-state index >= 15 is 0 Å². The van der Waals surface area contributed by atoms with Crippen molar-refractivity contribution in [2.24, 2.45) is 0 Å². The Morgan fingerprint density at radius 1 is 0.970 bits per heavy atom. The smallest absolute Gasteiger partial charge is 0.266 e. The van der Waals surface area contributed by atoms with Crippen molar-refractivity contribution >= 4 is 22.9 Å². The Labute approximate surface area is 197 Å². The van der Waals surface area contributed by atoms with Gasteiger partial charge in [0.05, 0.1) is 0 Å². The molecule has 170 valence electrons. The predicted octanol–water partition coefficient (Wildman–Crippen LogP) is 7.24. The molecule has 4 nitrogen and oxygen atoms in total. The van der Waals surface area contributed by atoms with E-state index in [1.54, 1.807) is 18.2 Å². The number of allylic oxidation sites excluding steroid dienone is 4. The van der Waals surface area contributed by atoms with E-state index in [1.165, 1.54) is 44.9 Å². The van der Waals surface area contributed by atoms with Gasteiger partial charge in [-0.15, -0.1) is 0 Å². The van der Waals surface area contributed by atoms with Crippen LogP contribution in [0.25, 0.3) is 5.57 Å². The number of hydrogen-bond acceptors (Lipinski definition) is 3. The van der Waals surface area contributed by atoms with Gasteiger partial charge in [-0.05, 0) is 42.3 Å². The SMILES string of the molecule is CCCCCCCCCN1C=C/C(=C/C=C(/C#N)C(=O)Nc2ccccc2)c2ccccc21. The van der Waals surface area contributed by atoms with Crippen LogP contribution in [0.5, 0.6) is 0 Å². The highest BCUT2D eigenvalue weighted by atomic mass is 16.1. The first-order chi connectivity index (χ1) is 16.2. The summed E-state index contributed by atoms with van der Waals surface area (Å²) < 4.78 is 0. The number of rotatable bonds is 11. The molecule has 2 aromatic carbocycles. The minimum absolute atomic E-state index is 0.0720. The van der Waals surface area contributed by atoms with Crippen LogP contribution in [0.1, 0.15) is 57.4 Å². The molecule has 0 atom stereocenters. The number of nitriles is 1. The number of benzene rings is 2. The first kappa shape index (κ1) is 24.1. The third-order valence-electron chi connectivity index (χ3n) is 5.79. The topological polar surface area (TPSA) is 56.1 Å². The maximum Gasteiger partial charge on any atom is 0.266 e. The molecule has 1 heterocycles. The number of para-hydroxylation sites is 2. The summed E-state index contributed by atoms with van der Waals surface area (Å²) in [7, 11) is 0. The van der Waals surface area contributed by atoms with Crippen LogP contribution < -0.4 is 10.2 Å². The number of hydrogen-bond donors (Lipinski definition) is 1. The molecule has 3 rings (SSSR count). The number of unbranched alkanes of at least 4 members (excludes halogenated alkanes) is 6. The average Bonchev–Trinajstić information content (AvgIpc) is 2.85. The minimum Gasteiger partial charge on any atom is -0.347 e. The maximum atomic E-state index is 12.5.